The highest BCUT2D eigenvalue weighted by molar-refractivity contribution is 7.99. The van der Waals surface area contributed by atoms with E-state index >= 15 is 0 Å². The van der Waals surface area contributed by atoms with Gasteiger partial charge in [0.25, 0.3) is 0 Å². The van der Waals surface area contributed by atoms with E-state index in [1.807, 2.05) is 30.0 Å². The Hall–Kier alpha value is -1.18. The van der Waals surface area contributed by atoms with Crippen molar-refractivity contribution in [2.45, 2.75) is 37.1 Å². The van der Waals surface area contributed by atoms with E-state index in [-0.39, 0.29) is 6.61 Å². The van der Waals surface area contributed by atoms with Crippen molar-refractivity contribution in [2.24, 2.45) is 0 Å². The molecule has 0 heterocycles. The highest BCUT2D eigenvalue weighted by Crippen LogP contribution is 2.28. The maximum absolute atomic E-state index is 8.44. The van der Waals surface area contributed by atoms with Crippen LogP contribution in [0.3, 0.4) is 0 Å². The fourth-order valence-electron chi connectivity index (χ4n) is 2.42. The minimum absolute atomic E-state index is 0.107. The van der Waals surface area contributed by atoms with Crippen molar-refractivity contribution < 1.29 is 4.74 Å². The average Bonchev–Trinajstić information content (AvgIpc) is 2.92. The van der Waals surface area contributed by atoms with Crippen molar-refractivity contribution in [1.29, 1.82) is 5.26 Å². The van der Waals surface area contributed by atoms with Gasteiger partial charge in [-0.1, -0.05) is 12.1 Å². The van der Waals surface area contributed by atoms with E-state index in [1.165, 1.54) is 24.8 Å². The second kappa shape index (κ2) is 7.42. The van der Waals surface area contributed by atoms with Crippen LogP contribution in [0.15, 0.2) is 24.3 Å². The van der Waals surface area contributed by atoms with Crippen molar-refractivity contribution in [2.75, 3.05) is 12.9 Å². The first kappa shape index (κ1) is 14.2. The van der Waals surface area contributed by atoms with Crippen LogP contribution in [-0.4, -0.2) is 24.2 Å². The predicted octanol–water partition coefficient (Wildman–Crippen LogP) is 2.96. The van der Waals surface area contributed by atoms with E-state index in [0.29, 0.717) is 6.04 Å². The Balaban J connectivity index is 1.76. The van der Waals surface area contributed by atoms with E-state index in [2.05, 4.69) is 23.7 Å². The summed E-state index contributed by atoms with van der Waals surface area (Å²) in [6, 6.07) is 10.6. The smallest absolute Gasteiger partial charge is 0.174 e. The Morgan fingerprint density at radius 2 is 2.16 bits per heavy atom. The molecule has 0 bridgehead atoms. The topological polar surface area (TPSA) is 45.0 Å². The van der Waals surface area contributed by atoms with Crippen LogP contribution in [0.25, 0.3) is 0 Å². The van der Waals surface area contributed by atoms with E-state index in [9.17, 15) is 0 Å². The lowest BCUT2D eigenvalue weighted by atomic mass is 10.2. The summed E-state index contributed by atoms with van der Waals surface area (Å²) in [6.07, 6.45) is 6.10. The molecule has 1 saturated carbocycles. The van der Waals surface area contributed by atoms with Gasteiger partial charge in [0.2, 0.25) is 0 Å². The molecule has 3 nitrogen and oxygen atoms in total. The molecular formula is C15H20N2OS. The molecule has 1 N–H and O–H groups in total. The molecule has 0 aromatic heterocycles. The number of ether oxygens (including phenoxy) is 1. The second-order valence-corrected chi connectivity index (χ2v) is 5.98. The minimum atomic E-state index is 0.107. The van der Waals surface area contributed by atoms with Crippen LogP contribution in [0, 0.1) is 11.3 Å². The molecule has 0 radical (unpaired) electrons. The van der Waals surface area contributed by atoms with Crippen molar-refractivity contribution in [3.8, 4) is 11.8 Å². The summed E-state index contributed by atoms with van der Waals surface area (Å²) < 4.78 is 5.23. The van der Waals surface area contributed by atoms with Crippen LogP contribution in [0.1, 0.15) is 24.8 Å². The molecule has 1 aliphatic rings. The Kier molecular flexibility index (Phi) is 5.56. The number of benzene rings is 1. The summed E-state index contributed by atoms with van der Waals surface area (Å²) in [5.74, 6) is 0.758. The summed E-state index contributed by atoms with van der Waals surface area (Å²) in [5, 5.41) is 12.9. The summed E-state index contributed by atoms with van der Waals surface area (Å²) in [4.78, 5) is 0. The van der Waals surface area contributed by atoms with Gasteiger partial charge >= 0.3 is 0 Å². The van der Waals surface area contributed by atoms with E-state index in [0.717, 1.165) is 17.5 Å². The fraction of sp³-hybridized carbons (Fsp3) is 0.533. The molecule has 19 heavy (non-hydrogen) atoms. The number of thioether (sulfide) groups is 1. The summed E-state index contributed by atoms with van der Waals surface area (Å²) in [6.45, 7) is 1.01. The normalized spacial score (nSPS) is 22.1. The van der Waals surface area contributed by atoms with Gasteiger partial charge in [0, 0.05) is 17.8 Å². The first-order valence-corrected chi connectivity index (χ1v) is 7.95. The number of rotatable bonds is 6. The molecule has 0 spiro atoms. The number of nitrogens with one attached hydrogen (secondary N) is 1. The molecule has 4 heteroatoms. The maximum Gasteiger partial charge on any atom is 0.174 e. The van der Waals surface area contributed by atoms with Gasteiger partial charge in [-0.3, -0.25) is 0 Å². The third kappa shape index (κ3) is 4.45. The molecule has 102 valence electrons. The Bertz CT molecular complexity index is 427. The van der Waals surface area contributed by atoms with Crippen LogP contribution in [0.5, 0.6) is 5.75 Å². The molecule has 2 rings (SSSR count). The largest absolute Gasteiger partial charge is 0.479 e. The second-order valence-electron chi connectivity index (χ2n) is 4.84. The molecule has 0 saturated heterocycles. The van der Waals surface area contributed by atoms with Crippen molar-refractivity contribution >= 4 is 11.8 Å². The van der Waals surface area contributed by atoms with E-state index in [4.69, 9.17) is 10.00 Å². The first-order chi connectivity index (χ1) is 9.31. The van der Waals surface area contributed by atoms with Gasteiger partial charge in [-0.15, -0.1) is 0 Å². The van der Waals surface area contributed by atoms with Gasteiger partial charge in [-0.2, -0.15) is 17.0 Å². The van der Waals surface area contributed by atoms with Crippen LogP contribution < -0.4 is 10.1 Å². The fourth-order valence-corrected chi connectivity index (χ4v) is 3.22. The molecule has 1 aromatic rings. The van der Waals surface area contributed by atoms with E-state index in [1.54, 1.807) is 0 Å². The Morgan fingerprint density at radius 1 is 1.37 bits per heavy atom. The van der Waals surface area contributed by atoms with Gasteiger partial charge in [0.1, 0.15) is 11.8 Å². The van der Waals surface area contributed by atoms with Crippen LogP contribution in [0.4, 0.5) is 0 Å². The summed E-state index contributed by atoms with van der Waals surface area (Å²) >= 11 is 1.98. The van der Waals surface area contributed by atoms with Gasteiger partial charge in [-0.25, -0.2) is 0 Å². The lowest BCUT2D eigenvalue weighted by Gasteiger charge is -2.13. The highest BCUT2D eigenvalue weighted by atomic mass is 32.2. The minimum Gasteiger partial charge on any atom is -0.479 e. The van der Waals surface area contributed by atoms with Gasteiger partial charge in [0.05, 0.1) is 0 Å². The van der Waals surface area contributed by atoms with Crippen LogP contribution in [-0.2, 0) is 6.54 Å². The van der Waals surface area contributed by atoms with Crippen molar-refractivity contribution in [1.82, 2.24) is 5.32 Å². The maximum atomic E-state index is 8.44. The van der Waals surface area contributed by atoms with Crippen LogP contribution in [0.2, 0.25) is 0 Å². The number of nitrogens with zero attached hydrogens (tertiary/aromatic N) is 1. The Labute approximate surface area is 119 Å². The summed E-state index contributed by atoms with van der Waals surface area (Å²) in [5.41, 5.74) is 1.26. The molecule has 1 aromatic carbocycles. The zero-order chi connectivity index (χ0) is 13.5. The lowest BCUT2D eigenvalue weighted by molar-refractivity contribution is 0.368. The number of nitriles is 1. The molecule has 1 aliphatic carbocycles. The molecule has 2 unspecified atom stereocenters. The average molecular weight is 276 g/mol. The van der Waals surface area contributed by atoms with E-state index < -0.39 is 0 Å². The molecule has 0 aliphatic heterocycles. The number of hydrogen-bond donors (Lipinski definition) is 1. The lowest BCUT2D eigenvalue weighted by Crippen LogP contribution is -2.26. The molecule has 0 amide bonds. The zero-order valence-electron chi connectivity index (χ0n) is 11.3. The molecule has 2 atom stereocenters. The third-order valence-electron chi connectivity index (χ3n) is 3.54. The molecule has 1 fully saturated rings. The zero-order valence-corrected chi connectivity index (χ0v) is 12.1. The highest BCUT2D eigenvalue weighted by Gasteiger charge is 2.23. The molecular weight excluding hydrogens is 256 g/mol. The predicted molar refractivity (Wildman–Crippen MR) is 79.3 cm³/mol. The summed E-state index contributed by atoms with van der Waals surface area (Å²) in [7, 11) is 0. The van der Waals surface area contributed by atoms with Crippen molar-refractivity contribution in [3.63, 3.8) is 0 Å². The number of hydrogen-bond acceptors (Lipinski definition) is 4. The third-order valence-corrected chi connectivity index (χ3v) is 4.63. The van der Waals surface area contributed by atoms with Gasteiger partial charge in [-0.05, 0) is 43.2 Å². The van der Waals surface area contributed by atoms with Crippen molar-refractivity contribution in [3.05, 3.63) is 29.8 Å². The van der Waals surface area contributed by atoms with Gasteiger partial charge < -0.3 is 10.1 Å². The first-order valence-electron chi connectivity index (χ1n) is 6.66. The quantitative estimate of drug-likeness (QED) is 0.867. The van der Waals surface area contributed by atoms with Crippen LogP contribution >= 0.6 is 11.8 Å². The standard InChI is InChI=1S/C15H20N2OS/c1-19-15-7-4-13(10-15)17-11-12-2-5-14(6-3-12)18-9-8-16/h2-3,5-6,13,15,17H,4,7,9-11H2,1H3. The Morgan fingerprint density at radius 3 is 2.79 bits per heavy atom. The SMILES string of the molecule is CSC1CCC(NCc2ccc(OCC#N)cc2)C1. The van der Waals surface area contributed by atoms with Gasteiger partial charge in [0.15, 0.2) is 6.61 Å². The monoisotopic (exact) mass is 276 g/mol.